The van der Waals surface area contributed by atoms with Gasteiger partial charge in [0.25, 0.3) is 5.56 Å². The van der Waals surface area contributed by atoms with Crippen LogP contribution in [0.4, 0.5) is 0 Å². The van der Waals surface area contributed by atoms with Gasteiger partial charge in [0, 0.05) is 17.3 Å². The maximum Gasteiger partial charge on any atom is 0.495 e. The molecule has 154 valence electrons. The maximum atomic E-state index is 13.2. The van der Waals surface area contributed by atoms with Gasteiger partial charge in [0.05, 0.1) is 17.8 Å². The Morgan fingerprint density at radius 2 is 1.71 bits per heavy atom. The molecule has 1 aromatic heterocycles. The molecule has 0 unspecified atom stereocenters. The zero-order chi connectivity index (χ0) is 20.7. The van der Waals surface area contributed by atoms with Crippen molar-refractivity contribution in [3.63, 3.8) is 0 Å². The Bertz CT molecular complexity index is 901. The third-order valence-corrected chi connectivity index (χ3v) is 7.01. The van der Waals surface area contributed by atoms with Gasteiger partial charge in [-0.1, -0.05) is 18.2 Å². The highest BCUT2D eigenvalue weighted by molar-refractivity contribution is 8.32. The number of pyridine rings is 1. The van der Waals surface area contributed by atoms with Crippen LogP contribution in [0.5, 0.6) is 0 Å². The number of nitrogens with zero attached hydrogens (tertiary/aromatic N) is 1. The van der Waals surface area contributed by atoms with Crippen LogP contribution in [0.1, 0.15) is 27.7 Å². The molecule has 0 N–H and O–H groups in total. The van der Waals surface area contributed by atoms with Crippen LogP contribution in [-0.4, -0.2) is 54.0 Å². The molecule has 7 heteroatoms. The molecule has 1 aliphatic rings. The van der Waals surface area contributed by atoms with Gasteiger partial charge in [0.1, 0.15) is 6.73 Å². The van der Waals surface area contributed by atoms with Crippen LogP contribution in [0, 0.1) is 0 Å². The number of fused-ring (bicyclic) bond motifs is 1. The van der Waals surface area contributed by atoms with Crippen molar-refractivity contribution < 1.29 is 14.0 Å². The molecule has 2 heterocycles. The summed E-state index contributed by atoms with van der Waals surface area (Å²) in [6, 6.07) is 7.75. The minimum absolute atomic E-state index is 0.0779. The van der Waals surface area contributed by atoms with E-state index in [4.69, 9.17) is 14.0 Å². The monoisotopic (exact) mass is 405 g/mol. The molecule has 5 nitrogen and oxygen atoms in total. The van der Waals surface area contributed by atoms with E-state index in [2.05, 4.69) is 18.8 Å². The molecule has 1 fully saturated rings. The fourth-order valence-corrected chi connectivity index (χ4v) is 3.71. The van der Waals surface area contributed by atoms with Gasteiger partial charge >= 0.3 is 7.12 Å². The van der Waals surface area contributed by atoms with Crippen LogP contribution >= 0.6 is 10.0 Å². The molecule has 0 spiro atoms. The first-order valence-corrected chi connectivity index (χ1v) is 12.7. The van der Waals surface area contributed by atoms with Gasteiger partial charge in [-0.15, -0.1) is 0 Å². The van der Waals surface area contributed by atoms with E-state index < -0.39 is 28.3 Å². The van der Waals surface area contributed by atoms with Gasteiger partial charge in [-0.05, 0) is 63.4 Å². The smallest absolute Gasteiger partial charge is 0.399 e. The first kappa shape index (κ1) is 21.4. The summed E-state index contributed by atoms with van der Waals surface area (Å²) in [4.78, 5) is 13.2. The van der Waals surface area contributed by atoms with Crippen molar-refractivity contribution in [1.29, 1.82) is 0 Å². The van der Waals surface area contributed by atoms with Gasteiger partial charge < -0.3 is 14.0 Å². The maximum absolute atomic E-state index is 13.2. The van der Waals surface area contributed by atoms with Crippen molar-refractivity contribution in [2.75, 3.05) is 31.1 Å². The number of aromatic nitrogens is 1. The van der Waals surface area contributed by atoms with Crippen LogP contribution in [0.3, 0.4) is 0 Å². The number of benzene rings is 1. The summed E-state index contributed by atoms with van der Waals surface area (Å²) in [5.74, 6) is 1.02. The Hall–Kier alpha value is -1.28. The Kier molecular flexibility index (Phi) is 5.76. The van der Waals surface area contributed by atoms with E-state index in [1.807, 2.05) is 52.0 Å². The molecule has 1 aromatic carbocycles. The molecule has 0 amide bonds. The second-order valence-electron chi connectivity index (χ2n) is 9.32. The number of rotatable bonds is 6. The van der Waals surface area contributed by atoms with E-state index in [1.54, 1.807) is 10.8 Å². The van der Waals surface area contributed by atoms with Crippen molar-refractivity contribution in [2.24, 2.45) is 0 Å². The quantitative estimate of drug-likeness (QED) is 0.548. The van der Waals surface area contributed by atoms with Crippen LogP contribution in [0.25, 0.3) is 10.8 Å². The van der Waals surface area contributed by atoms with Crippen LogP contribution in [-0.2, 0) is 20.8 Å². The normalized spacial score (nSPS) is 19.3. The predicted molar refractivity (Wildman–Crippen MR) is 120 cm³/mol. The fourth-order valence-electron chi connectivity index (χ4n) is 3.10. The van der Waals surface area contributed by atoms with E-state index in [9.17, 15) is 4.79 Å². The number of hydrogen-bond donors (Lipinski definition) is 0. The second kappa shape index (κ2) is 7.52. The standard InChI is InChI=1S/C21H32BNO4S/c1-20(2)21(3,4)27-22(26-20)17-10-8-9-16-11-12-23(19(24)18(16)17)15-25-13-14-28(5,6)7/h8-12H,13-15H2,1-7H3. The molecule has 0 radical (unpaired) electrons. The summed E-state index contributed by atoms with van der Waals surface area (Å²) in [5, 5.41) is 1.51. The molecule has 3 rings (SSSR count). The summed E-state index contributed by atoms with van der Waals surface area (Å²) in [7, 11) is -1.18. The third kappa shape index (κ3) is 4.33. The lowest BCUT2D eigenvalue weighted by atomic mass is 9.76. The molecule has 28 heavy (non-hydrogen) atoms. The summed E-state index contributed by atoms with van der Waals surface area (Å²) >= 11 is 0. The Morgan fingerprint density at radius 3 is 2.32 bits per heavy atom. The Labute approximate surface area is 169 Å². The topological polar surface area (TPSA) is 49.7 Å². The molecule has 0 atom stereocenters. The van der Waals surface area contributed by atoms with Crippen molar-refractivity contribution in [3.8, 4) is 0 Å². The highest BCUT2D eigenvalue weighted by Crippen LogP contribution is 2.37. The van der Waals surface area contributed by atoms with E-state index in [-0.39, 0.29) is 12.3 Å². The first-order valence-electron chi connectivity index (χ1n) is 9.63. The number of ether oxygens (including phenoxy) is 1. The lowest BCUT2D eigenvalue weighted by Gasteiger charge is -2.32. The van der Waals surface area contributed by atoms with Crippen molar-refractivity contribution in [3.05, 3.63) is 40.8 Å². The van der Waals surface area contributed by atoms with Crippen LogP contribution in [0.2, 0.25) is 0 Å². The van der Waals surface area contributed by atoms with E-state index in [0.717, 1.165) is 16.6 Å². The van der Waals surface area contributed by atoms with E-state index in [0.29, 0.717) is 12.0 Å². The summed E-state index contributed by atoms with van der Waals surface area (Å²) < 4.78 is 19.8. The minimum atomic E-state index is -0.609. The highest BCUT2D eigenvalue weighted by atomic mass is 32.3. The molecule has 0 saturated carbocycles. The highest BCUT2D eigenvalue weighted by Gasteiger charge is 2.52. The zero-order valence-electron chi connectivity index (χ0n) is 18.1. The van der Waals surface area contributed by atoms with Crippen molar-refractivity contribution in [1.82, 2.24) is 4.57 Å². The summed E-state index contributed by atoms with van der Waals surface area (Å²) in [6.45, 7) is 8.97. The van der Waals surface area contributed by atoms with Gasteiger partial charge in [-0.2, -0.15) is 0 Å². The average Bonchev–Trinajstić information content (AvgIpc) is 2.80. The van der Waals surface area contributed by atoms with Gasteiger partial charge in [0.2, 0.25) is 0 Å². The van der Waals surface area contributed by atoms with Crippen LogP contribution < -0.4 is 11.0 Å². The Morgan fingerprint density at radius 1 is 1.07 bits per heavy atom. The zero-order valence-corrected chi connectivity index (χ0v) is 18.9. The van der Waals surface area contributed by atoms with Gasteiger partial charge in [-0.25, -0.2) is 10.0 Å². The third-order valence-electron chi connectivity index (χ3n) is 5.62. The van der Waals surface area contributed by atoms with Gasteiger partial charge in [0.15, 0.2) is 0 Å². The minimum Gasteiger partial charge on any atom is -0.399 e. The Balaban J connectivity index is 1.90. The molecule has 0 aliphatic carbocycles. The van der Waals surface area contributed by atoms with E-state index >= 15 is 0 Å². The van der Waals surface area contributed by atoms with Gasteiger partial charge in [-0.3, -0.25) is 9.36 Å². The van der Waals surface area contributed by atoms with Crippen LogP contribution in [0.15, 0.2) is 35.3 Å². The first-order chi connectivity index (χ1) is 12.9. The average molecular weight is 405 g/mol. The molecule has 1 saturated heterocycles. The SMILES string of the molecule is CC1(C)OB(c2cccc3ccn(COCCS(C)(C)C)c(=O)c23)OC1(C)C. The lowest BCUT2D eigenvalue weighted by Crippen LogP contribution is -2.41. The molecular formula is C21H32BNO4S. The van der Waals surface area contributed by atoms with Crippen molar-refractivity contribution >= 4 is 33.4 Å². The second-order valence-corrected chi connectivity index (χ2v) is 13.9. The van der Waals surface area contributed by atoms with E-state index in [1.165, 1.54) is 0 Å². The molecule has 1 aliphatic heterocycles. The number of hydrogen-bond acceptors (Lipinski definition) is 4. The summed E-state index contributed by atoms with van der Waals surface area (Å²) in [6.07, 6.45) is 8.57. The van der Waals surface area contributed by atoms with Crippen molar-refractivity contribution in [2.45, 2.75) is 45.6 Å². The molecule has 2 aromatic rings. The lowest BCUT2D eigenvalue weighted by molar-refractivity contribution is 0.00578. The molecular weight excluding hydrogens is 373 g/mol. The molecule has 0 bridgehead atoms. The largest absolute Gasteiger partial charge is 0.495 e. The fraction of sp³-hybridized carbons (Fsp3) is 0.571. The summed E-state index contributed by atoms with van der Waals surface area (Å²) in [5.41, 5.74) is -0.210. The predicted octanol–water partition coefficient (Wildman–Crippen LogP) is 2.97.